The highest BCUT2D eigenvalue weighted by Gasteiger charge is 2.22. The Morgan fingerprint density at radius 3 is 2.24 bits per heavy atom. The molecule has 0 aliphatic heterocycles. The second kappa shape index (κ2) is 10.4. The first-order valence-corrected chi connectivity index (χ1v) is 11.1. The smallest absolute Gasteiger partial charge is 0.282 e. The predicted octanol–water partition coefficient (Wildman–Crippen LogP) is 1.29. The van der Waals surface area contributed by atoms with Gasteiger partial charge in [0.05, 0.1) is 11.9 Å². The van der Waals surface area contributed by atoms with Gasteiger partial charge in [-0.3, -0.25) is 4.79 Å². The van der Waals surface area contributed by atoms with Gasteiger partial charge in [-0.15, -0.1) is 0 Å². The number of benzene rings is 2. The summed E-state index contributed by atoms with van der Waals surface area (Å²) in [6, 6.07) is 15.2. The summed E-state index contributed by atoms with van der Waals surface area (Å²) in [6.07, 6.45) is 0. The summed E-state index contributed by atoms with van der Waals surface area (Å²) in [6.45, 7) is 6.54. The summed E-state index contributed by atoms with van der Waals surface area (Å²) < 4.78 is 32.5. The Balaban J connectivity index is 1.86. The van der Waals surface area contributed by atoms with Crippen molar-refractivity contribution in [3.8, 4) is 5.75 Å². The van der Waals surface area contributed by atoms with Gasteiger partial charge in [-0.05, 0) is 57.2 Å². The van der Waals surface area contributed by atoms with Crippen LogP contribution in [0.5, 0.6) is 5.75 Å². The third-order valence-corrected chi connectivity index (χ3v) is 6.14. The Morgan fingerprint density at radius 2 is 1.66 bits per heavy atom. The lowest BCUT2D eigenvalue weighted by molar-refractivity contribution is -0.894. The van der Waals surface area contributed by atoms with Gasteiger partial charge in [0.1, 0.15) is 18.9 Å². The maximum Gasteiger partial charge on any atom is 0.282 e. The van der Waals surface area contributed by atoms with Crippen LogP contribution in [0.25, 0.3) is 0 Å². The minimum atomic E-state index is -3.55. The Bertz CT molecular complexity index is 884. The Labute approximate surface area is 173 Å². The maximum atomic E-state index is 12.5. The Morgan fingerprint density at radius 1 is 1.03 bits per heavy atom. The highest BCUT2D eigenvalue weighted by Crippen LogP contribution is 2.14. The van der Waals surface area contributed by atoms with Crippen molar-refractivity contribution in [3.05, 3.63) is 54.6 Å². The minimum absolute atomic E-state index is 0.141. The van der Waals surface area contributed by atoms with Crippen LogP contribution in [-0.4, -0.2) is 46.6 Å². The van der Waals surface area contributed by atoms with Gasteiger partial charge in [0.2, 0.25) is 10.0 Å². The molecule has 29 heavy (non-hydrogen) atoms. The fraction of sp³-hybridized carbons (Fsp3) is 0.381. The van der Waals surface area contributed by atoms with Crippen LogP contribution in [0.3, 0.4) is 0 Å². The van der Waals surface area contributed by atoms with Crippen molar-refractivity contribution in [3.63, 3.8) is 0 Å². The molecule has 158 valence electrons. The molecular weight excluding hydrogens is 390 g/mol. The summed E-state index contributed by atoms with van der Waals surface area (Å²) in [5.41, 5.74) is 0.554. The Hall–Kier alpha value is -2.42. The molecule has 2 aromatic carbocycles. The second-order valence-corrected chi connectivity index (χ2v) is 8.98. The zero-order chi connectivity index (χ0) is 21.4. The molecule has 1 amide bonds. The van der Waals surface area contributed by atoms with Crippen LogP contribution in [0.4, 0.5) is 5.69 Å². The molecule has 0 saturated carbocycles. The molecule has 2 aromatic rings. The number of carbonyl (C=O) groups is 1. The first kappa shape index (κ1) is 22.9. The number of carbonyl (C=O) groups excluding carboxylic acids is 1. The number of hydrogen-bond donors (Lipinski definition) is 3. The number of hydrogen-bond acceptors (Lipinski definition) is 4. The number of sulfonamides is 1. The number of anilines is 1. The number of ether oxygens (including phenoxy) is 1. The Kier molecular flexibility index (Phi) is 8.19. The summed E-state index contributed by atoms with van der Waals surface area (Å²) in [5.74, 6) is 0.664. The second-order valence-electron chi connectivity index (χ2n) is 7.27. The molecule has 0 bridgehead atoms. The van der Waals surface area contributed by atoms with E-state index in [1.54, 1.807) is 26.0 Å². The average molecular weight is 421 g/mol. The van der Waals surface area contributed by atoms with E-state index in [1.165, 1.54) is 12.1 Å². The fourth-order valence-corrected chi connectivity index (χ4v) is 3.88. The number of rotatable bonds is 10. The van der Waals surface area contributed by atoms with Crippen LogP contribution in [-0.2, 0) is 14.8 Å². The van der Waals surface area contributed by atoms with Crippen LogP contribution in [0.2, 0.25) is 0 Å². The van der Waals surface area contributed by atoms with Crippen molar-refractivity contribution in [1.29, 1.82) is 0 Å². The average Bonchev–Trinajstić information content (AvgIpc) is 2.67. The van der Waals surface area contributed by atoms with Gasteiger partial charge in [0, 0.05) is 11.7 Å². The summed E-state index contributed by atoms with van der Waals surface area (Å²) in [5, 5.41) is 2.83. The summed E-state index contributed by atoms with van der Waals surface area (Å²) >= 11 is 0. The minimum Gasteiger partial charge on any atom is -0.488 e. The van der Waals surface area contributed by atoms with E-state index in [9.17, 15) is 13.2 Å². The van der Waals surface area contributed by atoms with E-state index in [2.05, 4.69) is 10.0 Å². The van der Waals surface area contributed by atoms with Crippen LogP contribution in [0, 0.1) is 0 Å². The van der Waals surface area contributed by atoms with E-state index in [4.69, 9.17) is 4.74 Å². The zero-order valence-corrected chi connectivity index (χ0v) is 18.1. The van der Waals surface area contributed by atoms with E-state index < -0.39 is 10.0 Å². The lowest BCUT2D eigenvalue weighted by atomic mass is 10.2. The summed E-state index contributed by atoms with van der Waals surface area (Å²) in [4.78, 5) is 13.7. The van der Waals surface area contributed by atoms with E-state index in [0.717, 1.165) is 10.6 Å². The molecule has 0 aromatic heterocycles. The number of quaternary nitrogens is 1. The van der Waals surface area contributed by atoms with Gasteiger partial charge in [-0.2, -0.15) is 0 Å². The molecule has 0 saturated heterocycles. The lowest BCUT2D eigenvalue weighted by Gasteiger charge is -2.21. The fourth-order valence-electron chi connectivity index (χ4n) is 2.63. The van der Waals surface area contributed by atoms with Gasteiger partial charge >= 0.3 is 0 Å². The molecule has 0 spiro atoms. The number of amides is 1. The quantitative estimate of drug-likeness (QED) is 0.541. The molecule has 0 aliphatic rings. The van der Waals surface area contributed by atoms with E-state index in [0.29, 0.717) is 18.8 Å². The van der Waals surface area contributed by atoms with E-state index in [1.807, 2.05) is 44.3 Å². The molecule has 7 nitrogen and oxygen atoms in total. The first-order valence-electron chi connectivity index (χ1n) is 9.62. The molecule has 0 fully saturated rings. The molecular formula is C21H30N3O4S+. The van der Waals surface area contributed by atoms with Gasteiger partial charge in [0.15, 0.2) is 6.04 Å². The largest absolute Gasteiger partial charge is 0.488 e. The topological polar surface area (TPSA) is 88.9 Å². The molecule has 0 aliphatic carbocycles. The van der Waals surface area contributed by atoms with Crippen molar-refractivity contribution in [2.75, 3.05) is 25.5 Å². The van der Waals surface area contributed by atoms with Crippen molar-refractivity contribution >= 4 is 21.6 Å². The van der Waals surface area contributed by atoms with Gasteiger partial charge in [-0.1, -0.05) is 18.2 Å². The van der Waals surface area contributed by atoms with Gasteiger partial charge in [-0.25, -0.2) is 13.1 Å². The molecule has 1 unspecified atom stereocenters. The van der Waals surface area contributed by atoms with Crippen LogP contribution in [0.15, 0.2) is 59.5 Å². The van der Waals surface area contributed by atoms with Gasteiger partial charge < -0.3 is 15.0 Å². The molecule has 2 rings (SSSR count). The van der Waals surface area contributed by atoms with E-state index >= 15 is 0 Å². The van der Waals surface area contributed by atoms with Crippen molar-refractivity contribution in [2.45, 2.75) is 37.8 Å². The third-order valence-electron chi connectivity index (χ3n) is 4.46. The molecule has 3 N–H and O–H groups in total. The number of para-hydroxylation sites is 1. The molecule has 0 radical (unpaired) electrons. The highest BCUT2D eigenvalue weighted by atomic mass is 32.2. The molecule has 0 heterocycles. The summed E-state index contributed by atoms with van der Waals surface area (Å²) in [7, 11) is -1.61. The first-order chi connectivity index (χ1) is 13.7. The monoisotopic (exact) mass is 420 g/mol. The highest BCUT2D eigenvalue weighted by molar-refractivity contribution is 7.89. The van der Waals surface area contributed by atoms with Crippen molar-refractivity contribution in [2.24, 2.45) is 0 Å². The third kappa shape index (κ3) is 7.16. The molecule has 2 atom stereocenters. The standard InChI is InChI=1S/C21H29N3O4S/c1-16(2)23-29(26,27)20-12-10-18(11-13-20)22-21(25)17(3)24(4)14-15-28-19-8-6-5-7-9-19/h5-13,16-17,23H,14-15H2,1-4H3,(H,22,25)/p+1/t17-/m0/s1. The predicted molar refractivity (Wildman–Crippen MR) is 114 cm³/mol. The normalized spacial score (nSPS) is 13.7. The maximum absolute atomic E-state index is 12.5. The van der Waals surface area contributed by atoms with Crippen LogP contribution >= 0.6 is 0 Å². The zero-order valence-electron chi connectivity index (χ0n) is 17.3. The van der Waals surface area contributed by atoms with Crippen molar-refractivity contribution in [1.82, 2.24) is 4.72 Å². The SMILES string of the molecule is CC(C)NS(=O)(=O)c1ccc(NC(=O)[C@H](C)[NH+](C)CCOc2ccccc2)cc1. The van der Waals surface area contributed by atoms with Crippen LogP contribution < -0.4 is 19.7 Å². The number of likely N-dealkylation sites (N-methyl/N-ethyl adjacent to an activating group) is 1. The number of nitrogens with one attached hydrogen (secondary N) is 3. The van der Waals surface area contributed by atoms with Crippen molar-refractivity contribution < 1.29 is 22.8 Å². The molecule has 8 heteroatoms. The lowest BCUT2D eigenvalue weighted by Crippen LogP contribution is -3.14. The van der Waals surface area contributed by atoms with Gasteiger partial charge in [0.25, 0.3) is 5.91 Å². The van der Waals surface area contributed by atoms with E-state index in [-0.39, 0.29) is 22.9 Å². The van der Waals surface area contributed by atoms with Crippen LogP contribution in [0.1, 0.15) is 20.8 Å².